The Morgan fingerprint density at radius 3 is 2.48 bits per heavy atom. The van der Waals surface area contributed by atoms with Crippen LogP contribution >= 0.6 is 7.60 Å². The summed E-state index contributed by atoms with van der Waals surface area (Å²) in [6, 6.07) is 11.3. The molecule has 7 heteroatoms. The fourth-order valence-corrected chi connectivity index (χ4v) is 2.69. The van der Waals surface area contributed by atoms with E-state index >= 15 is 0 Å². The van der Waals surface area contributed by atoms with Crippen molar-refractivity contribution < 1.29 is 23.9 Å². The van der Waals surface area contributed by atoms with Gasteiger partial charge in [-0.25, -0.2) is 0 Å². The Hall–Kier alpha value is -2.14. The van der Waals surface area contributed by atoms with Crippen molar-refractivity contribution in [3.8, 4) is 5.75 Å². The number of aryl methyl sites for hydroxylation is 2. The minimum atomic E-state index is -4.45. The van der Waals surface area contributed by atoms with Gasteiger partial charge in [0.25, 0.3) is 5.91 Å². The first-order valence-corrected chi connectivity index (χ1v) is 8.53. The molecule has 0 aliphatic rings. The molecule has 122 valence electrons. The molecule has 0 spiro atoms. The molecular weight excluding hydrogens is 317 g/mol. The third-order valence-electron chi connectivity index (χ3n) is 3.33. The van der Waals surface area contributed by atoms with Crippen molar-refractivity contribution in [3.05, 3.63) is 53.6 Å². The second-order valence-electron chi connectivity index (χ2n) is 5.15. The quantitative estimate of drug-likeness (QED) is 0.728. The average Bonchev–Trinajstić information content (AvgIpc) is 2.48. The van der Waals surface area contributed by atoms with Crippen LogP contribution in [-0.4, -0.2) is 22.3 Å². The molecule has 0 fully saturated rings. The van der Waals surface area contributed by atoms with Gasteiger partial charge in [-0.1, -0.05) is 18.2 Å². The second kappa shape index (κ2) is 6.96. The molecule has 0 aromatic heterocycles. The summed E-state index contributed by atoms with van der Waals surface area (Å²) in [5.41, 5.74) is 2.82. The van der Waals surface area contributed by atoms with Crippen LogP contribution < -0.4 is 15.4 Å². The lowest BCUT2D eigenvalue weighted by atomic mass is 10.1. The monoisotopic (exact) mass is 335 g/mol. The third kappa shape index (κ3) is 4.66. The number of nitrogens with one attached hydrogen (secondary N) is 1. The van der Waals surface area contributed by atoms with E-state index in [0.717, 1.165) is 11.1 Å². The Labute approximate surface area is 134 Å². The third-order valence-corrected chi connectivity index (χ3v) is 4.33. The van der Waals surface area contributed by atoms with Gasteiger partial charge in [0.2, 0.25) is 0 Å². The van der Waals surface area contributed by atoms with Crippen molar-refractivity contribution >= 4 is 24.5 Å². The minimum absolute atomic E-state index is 0.00364. The summed E-state index contributed by atoms with van der Waals surface area (Å²) in [5.74, 6) is -0.412. The fraction of sp³-hybridized carbons (Fsp3) is 0.188. The summed E-state index contributed by atoms with van der Waals surface area (Å²) < 4.78 is 16.6. The molecule has 2 aromatic rings. The first-order valence-electron chi connectivity index (χ1n) is 6.92. The lowest BCUT2D eigenvalue weighted by molar-refractivity contribution is -0.118. The molecule has 6 nitrogen and oxygen atoms in total. The fourth-order valence-electron chi connectivity index (χ4n) is 1.98. The molecule has 0 saturated heterocycles. The van der Waals surface area contributed by atoms with Crippen molar-refractivity contribution in [1.29, 1.82) is 0 Å². The standard InChI is InChI=1S/C16H18NO5P/c1-11-7-8-13(9-12(11)2)17-16(18)10-22-14-5-3-4-6-15(14)23(19,20)21/h3-9H,10H2,1-2H3,(H,17,18)(H2,19,20,21). The Kier molecular flexibility index (Phi) is 5.21. The molecule has 0 unspecified atom stereocenters. The lowest BCUT2D eigenvalue weighted by Gasteiger charge is -2.12. The molecule has 0 saturated carbocycles. The van der Waals surface area contributed by atoms with E-state index in [1.165, 1.54) is 18.2 Å². The van der Waals surface area contributed by atoms with Crippen LogP contribution in [0.5, 0.6) is 5.75 Å². The van der Waals surface area contributed by atoms with Gasteiger partial charge in [-0.3, -0.25) is 9.36 Å². The van der Waals surface area contributed by atoms with Crippen molar-refractivity contribution in [3.63, 3.8) is 0 Å². The molecule has 1 amide bonds. The van der Waals surface area contributed by atoms with Crippen molar-refractivity contribution in [2.24, 2.45) is 0 Å². The highest BCUT2D eigenvalue weighted by Crippen LogP contribution is 2.37. The van der Waals surface area contributed by atoms with E-state index in [1.54, 1.807) is 12.1 Å². The van der Waals surface area contributed by atoms with Crippen LogP contribution in [-0.2, 0) is 9.36 Å². The van der Waals surface area contributed by atoms with E-state index in [1.807, 2.05) is 26.0 Å². The highest BCUT2D eigenvalue weighted by molar-refractivity contribution is 7.60. The predicted octanol–water partition coefficient (Wildman–Crippen LogP) is 2.12. The van der Waals surface area contributed by atoms with Gasteiger partial charge in [-0.15, -0.1) is 0 Å². The largest absolute Gasteiger partial charge is 0.483 e. The summed E-state index contributed by atoms with van der Waals surface area (Å²) in [6.45, 7) is 3.57. The second-order valence-corrected chi connectivity index (χ2v) is 6.72. The smallest absolute Gasteiger partial charge is 0.359 e. The van der Waals surface area contributed by atoms with E-state index in [4.69, 9.17) is 4.74 Å². The zero-order chi connectivity index (χ0) is 17.0. The number of carbonyl (C=O) groups is 1. The van der Waals surface area contributed by atoms with E-state index in [0.29, 0.717) is 5.69 Å². The molecule has 0 heterocycles. The highest BCUT2D eigenvalue weighted by atomic mass is 31.2. The number of hydrogen-bond acceptors (Lipinski definition) is 3. The van der Waals surface area contributed by atoms with Crippen LogP contribution in [0.15, 0.2) is 42.5 Å². The number of ether oxygens (including phenoxy) is 1. The van der Waals surface area contributed by atoms with Crippen molar-refractivity contribution in [2.75, 3.05) is 11.9 Å². The van der Waals surface area contributed by atoms with Crippen LogP contribution in [0, 0.1) is 13.8 Å². The van der Waals surface area contributed by atoms with Crippen LogP contribution in [0.1, 0.15) is 11.1 Å². The summed E-state index contributed by atoms with van der Waals surface area (Å²) >= 11 is 0. The van der Waals surface area contributed by atoms with Gasteiger partial charge in [-0.2, -0.15) is 0 Å². The number of rotatable bonds is 5. The molecule has 0 bridgehead atoms. The zero-order valence-corrected chi connectivity index (χ0v) is 13.7. The number of para-hydroxylation sites is 1. The van der Waals surface area contributed by atoms with Crippen LogP contribution in [0.25, 0.3) is 0 Å². The van der Waals surface area contributed by atoms with Crippen LogP contribution in [0.3, 0.4) is 0 Å². The summed E-state index contributed by atoms with van der Waals surface area (Å²) in [7, 11) is -4.45. The molecule has 0 radical (unpaired) electrons. The molecule has 2 aromatic carbocycles. The van der Waals surface area contributed by atoms with Crippen LogP contribution in [0.2, 0.25) is 0 Å². The van der Waals surface area contributed by atoms with E-state index in [2.05, 4.69) is 5.32 Å². The average molecular weight is 335 g/mol. The van der Waals surface area contributed by atoms with Gasteiger partial charge >= 0.3 is 7.60 Å². The summed E-state index contributed by atoms with van der Waals surface area (Å²) in [6.07, 6.45) is 0. The summed E-state index contributed by atoms with van der Waals surface area (Å²) in [4.78, 5) is 30.4. The van der Waals surface area contributed by atoms with Gasteiger partial charge in [0, 0.05) is 5.69 Å². The molecule has 0 atom stereocenters. The number of benzene rings is 2. The Morgan fingerprint density at radius 2 is 1.83 bits per heavy atom. The first kappa shape index (κ1) is 17.2. The molecule has 0 aliphatic heterocycles. The lowest BCUT2D eigenvalue weighted by Crippen LogP contribution is -2.22. The van der Waals surface area contributed by atoms with Crippen molar-refractivity contribution in [1.82, 2.24) is 0 Å². The maximum absolute atomic E-state index is 11.9. The zero-order valence-electron chi connectivity index (χ0n) is 12.8. The van der Waals surface area contributed by atoms with Gasteiger partial charge in [0.05, 0.1) is 0 Å². The molecular formula is C16H18NO5P. The van der Waals surface area contributed by atoms with Crippen molar-refractivity contribution in [2.45, 2.75) is 13.8 Å². The number of hydrogen-bond donors (Lipinski definition) is 3. The first-order chi connectivity index (χ1) is 10.8. The van der Waals surface area contributed by atoms with Gasteiger partial charge in [0.1, 0.15) is 11.1 Å². The SMILES string of the molecule is Cc1ccc(NC(=O)COc2ccccc2P(=O)(O)O)cc1C. The number of anilines is 1. The molecule has 23 heavy (non-hydrogen) atoms. The molecule has 3 N–H and O–H groups in total. The van der Waals surface area contributed by atoms with E-state index in [-0.39, 0.29) is 17.7 Å². The maximum atomic E-state index is 11.9. The topological polar surface area (TPSA) is 95.9 Å². The maximum Gasteiger partial charge on any atom is 0.359 e. The number of amides is 1. The van der Waals surface area contributed by atoms with Gasteiger partial charge in [-0.05, 0) is 49.2 Å². The Bertz CT molecular complexity index is 769. The number of carbonyl (C=O) groups excluding carboxylic acids is 1. The normalized spacial score (nSPS) is 11.1. The highest BCUT2D eigenvalue weighted by Gasteiger charge is 2.22. The van der Waals surface area contributed by atoms with E-state index < -0.39 is 13.5 Å². The molecule has 0 aliphatic carbocycles. The minimum Gasteiger partial charge on any atom is -0.483 e. The molecule has 2 rings (SSSR count). The Morgan fingerprint density at radius 1 is 1.13 bits per heavy atom. The van der Waals surface area contributed by atoms with Gasteiger partial charge in [0.15, 0.2) is 6.61 Å². The van der Waals surface area contributed by atoms with E-state index in [9.17, 15) is 19.1 Å². The Balaban J connectivity index is 2.02. The van der Waals surface area contributed by atoms with Gasteiger partial charge < -0.3 is 19.8 Å². The van der Waals surface area contributed by atoms with Crippen LogP contribution in [0.4, 0.5) is 5.69 Å². The summed E-state index contributed by atoms with van der Waals surface area (Å²) in [5, 5.41) is 2.44. The predicted molar refractivity (Wildman–Crippen MR) is 88.2 cm³/mol.